The maximum atomic E-state index is 6.36. The van der Waals surface area contributed by atoms with Crippen molar-refractivity contribution in [2.45, 2.75) is 25.0 Å². The second-order valence-corrected chi connectivity index (χ2v) is 4.75. The summed E-state index contributed by atoms with van der Waals surface area (Å²) in [5.74, 6) is 1.03. The van der Waals surface area contributed by atoms with Gasteiger partial charge in [-0.3, -0.25) is 0 Å². The third-order valence-corrected chi connectivity index (χ3v) is 3.22. The summed E-state index contributed by atoms with van der Waals surface area (Å²) in [5.41, 5.74) is 13.2. The molecule has 1 aliphatic carbocycles. The van der Waals surface area contributed by atoms with E-state index in [9.17, 15) is 0 Å². The molecule has 2 atom stereocenters. The van der Waals surface area contributed by atoms with Crippen molar-refractivity contribution in [3.05, 3.63) is 23.7 Å². The molecule has 18 heavy (non-hydrogen) atoms. The second kappa shape index (κ2) is 3.78. The van der Waals surface area contributed by atoms with E-state index in [2.05, 4.69) is 15.0 Å². The van der Waals surface area contributed by atoms with Crippen LogP contribution in [0.1, 0.15) is 18.2 Å². The molecule has 0 amide bonds. The summed E-state index contributed by atoms with van der Waals surface area (Å²) in [5, 5.41) is 0. The van der Waals surface area contributed by atoms with Crippen LogP contribution in [-0.2, 0) is 11.2 Å². The molecule has 6 nitrogen and oxygen atoms in total. The number of ether oxygens (including phenoxy) is 1. The van der Waals surface area contributed by atoms with Crippen LogP contribution in [0.5, 0.6) is 0 Å². The molecule has 0 spiro atoms. The summed E-state index contributed by atoms with van der Waals surface area (Å²) in [7, 11) is 0. The van der Waals surface area contributed by atoms with Gasteiger partial charge in [0.15, 0.2) is 0 Å². The van der Waals surface area contributed by atoms with Gasteiger partial charge in [0.2, 0.25) is 5.90 Å². The van der Waals surface area contributed by atoms with Crippen LogP contribution in [0.2, 0.25) is 0 Å². The highest BCUT2D eigenvalue weighted by Crippen LogP contribution is 2.28. The smallest absolute Gasteiger partial charge is 0.208 e. The van der Waals surface area contributed by atoms with E-state index < -0.39 is 5.54 Å². The molecule has 1 aromatic heterocycles. The second-order valence-electron chi connectivity index (χ2n) is 4.75. The molecule has 0 saturated heterocycles. The van der Waals surface area contributed by atoms with Crippen LogP contribution in [-0.4, -0.2) is 34.1 Å². The minimum atomic E-state index is -0.739. The number of hydrogen-bond donors (Lipinski definition) is 2. The Morgan fingerprint density at radius 1 is 1.44 bits per heavy atom. The molecule has 1 aliphatic heterocycles. The number of rotatable bonds is 1. The zero-order valence-electron chi connectivity index (χ0n) is 10.1. The zero-order chi connectivity index (χ0) is 12.8. The minimum Gasteiger partial charge on any atom is -0.474 e. The molecule has 94 valence electrons. The average Bonchev–Trinajstić information content (AvgIpc) is 2.78. The fraction of sp³-hybridized carbons (Fsp3) is 0.417. The maximum absolute atomic E-state index is 6.36. The maximum Gasteiger partial charge on any atom is 0.208 e. The van der Waals surface area contributed by atoms with Crippen LogP contribution < -0.4 is 11.5 Å². The van der Waals surface area contributed by atoms with Crippen LogP contribution in [0.3, 0.4) is 0 Å². The largest absolute Gasteiger partial charge is 0.474 e. The van der Waals surface area contributed by atoms with Gasteiger partial charge in [-0.15, -0.1) is 0 Å². The topological polar surface area (TPSA) is 99.4 Å². The Kier molecular flexibility index (Phi) is 2.34. The highest BCUT2D eigenvalue weighted by atomic mass is 16.5. The van der Waals surface area contributed by atoms with Gasteiger partial charge >= 0.3 is 0 Å². The van der Waals surface area contributed by atoms with Gasteiger partial charge in [-0.05, 0) is 13.0 Å². The molecule has 0 fully saturated rings. The highest BCUT2D eigenvalue weighted by Gasteiger charge is 2.38. The van der Waals surface area contributed by atoms with Crippen LogP contribution in [0.15, 0.2) is 17.4 Å². The van der Waals surface area contributed by atoms with E-state index >= 15 is 0 Å². The number of aliphatic imine (C=N–C) groups is 1. The van der Waals surface area contributed by atoms with Gasteiger partial charge in [-0.1, -0.05) is 6.08 Å². The lowest BCUT2D eigenvalue weighted by molar-refractivity contribution is 0.229. The predicted molar refractivity (Wildman–Crippen MR) is 68.9 cm³/mol. The lowest BCUT2D eigenvalue weighted by Crippen LogP contribution is -2.50. The first-order valence-electron chi connectivity index (χ1n) is 5.87. The summed E-state index contributed by atoms with van der Waals surface area (Å²) in [6, 6.07) is 0. The van der Waals surface area contributed by atoms with Crippen molar-refractivity contribution in [1.29, 1.82) is 0 Å². The lowest BCUT2D eigenvalue weighted by atomic mass is 9.86. The quantitative estimate of drug-likeness (QED) is 0.733. The van der Waals surface area contributed by atoms with Crippen LogP contribution in [0.4, 0.5) is 5.82 Å². The standard InChI is InChI=1S/C12H15N5O/c1-7-5-15-11(18-7)12(14)3-2-9-8(4-12)10(13)17-6-16-9/h2-3,6-7H,4-5,14H2,1H3,(H2,13,16,17). The molecule has 0 aromatic carbocycles. The van der Waals surface area contributed by atoms with Crippen molar-refractivity contribution < 1.29 is 4.74 Å². The molecule has 3 rings (SSSR count). The molecule has 0 saturated carbocycles. The van der Waals surface area contributed by atoms with E-state index in [0.717, 1.165) is 11.3 Å². The molecule has 2 unspecified atom stereocenters. The summed E-state index contributed by atoms with van der Waals surface area (Å²) < 4.78 is 5.65. The lowest BCUT2D eigenvalue weighted by Gasteiger charge is -2.29. The van der Waals surface area contributed by atoms with Gasteiger partial charge in [0.1, 0.15) is 23.8 Å². The molecule has 4 N–H and O–H groups in total. The molecule has 0 radical (unpaired) electrons. The minimum absolute atomic E-state index is 0.0830. The van der Waals surface area contributed by atoms with Crippen LogP contribution >= 0.6 is 0 Å². The summed E-state index contributed by atoms with van der Waals surface area (Å²) >= 11 is 0. The van der Waals surface area contributed by atoms with Crippen molar-refractivity contribution in [1.82, 2.24) is 9.97 Å². The Bertz CT molecular complexity index is 553. The number of aromatic nitrogens is 2. The first-order valence-corrected chi connectivity index (χ1v) is 5.87. The third kappa shape index (κ3) is 1.65. The fourth-order valence-electron chi connectivity index (χ4n) is 2.22. The Morgan fingerprint density at radius 3 is 3.00 bits per heavy atom. The Balaban J connectivity index is 1.97. The molecule has 6 heteroatoms. The Morgan fingerprint density at radius 2 is 2.28 bits per heavy atom. The number of hydrogen-bond acceptors (Lipinski definition) is 6. The van der Waals surface area contributed by atoms with Gasteiger partial charge in [0.05, 0.1) is 12.2 Å². The number of nitrogens with two attached hydrogens (primary N) is 2. The third-order valence-electron chi connectivity index (χ3n) is 3.22. The SMILES string of the molecule is CC1CN=C(C2(N)C=Cc3ncnc(N)c3C2)O1. The molecule has 2 heterocycles. The highest BCUT2D eigenvalue weighted by molar-refractivity contribution is 5.92. The molecule has 0 bridgehead atoms. The van der Waals surface area contributed by atoms with Crippen LogP contribution in [0, 0.1) is 0 Å². The average molecular weight is 245 g/mol. The zero-order valence-corrected chi connectivity index (χ0v) is 10.1. The monoisotopic (exact) mass is 245 g/mol. The number of nitrogens with zero attached hydrogens (tertiary/aromatic N) is 3. The van der Waals surface area contributed by atoms with Gasteiger partial charge < -0.3 is 16.2 Å². The van der Waals surface area contributed by atoms with Crippen molar-refractivity contribution >= 4 is 17.8 Å². The normalized spacial score (nSPS) is 29.7. The first-order chi connectivity index (χ1) is 8.58. The van der Waals surface area contributed by atoms with E-state index in [4.69, 9.17) is 16.2 Å². The van der Waals surface area contributed by atoms with Gasteiger partial charge in [0, 0.05) is 12.0 Å². The van der Waals surface area contributed by atoms with Gasteiger partial charge in [0.25, 0.3) is 0 Å². The Labute approximate surface area is 105 Å². The van der Waals surface area contributed by atoms with E-state index in [0.29, 0.717) is 24.7 Å². The molecular formula is C12H15N5O. The Hall–Kier alpha value is -1.95. The van der Waals surface area contributed by atoms with Crippen molar-refractivity contribution in [3.8, 4) is 0 Å². The molecule has 2 aliphatic rings. The molecular weight excluding hydrogens is 230 g/mol. The summed E-state index contributed by atoms with van der Waals surface area (Å²) in [4.78, 5) is 12.5. The van der Waals surface area contributed by atoms with Crippen molar-refractivity contribution in [2.75, 3.05) is 12.3 Å². The fourth-order valence-corrected chi connectivity index (χ4v) is 2.22. The summed E-state index contributed by atoms with van der Waals surface area (Å²) in [6.45, 7) is 2.62. The predicted octanol–water partition coefficient (Wildman–Crippen LogP) is 0.143. The number of anilines is 1. The van der Waals surface area contributed by atoms with Crippen LogP contribution in [0.25, 0.3) is 6.08 Å². The number of fused-ring (bicyclic) bond motifs is 1. The van der Waals surface area contributed by atoms with E-state index in [1.165, 1.54) is 6.33 Å². The van der Waals surface area contributed by atoms with E-state index in [-0.39, 0.29) is 6.10 Å². The van der Waals surface area contributed by atoms with Crippen molar-refractivity contribution in [3.63, 3.8) is 0 Å². The summed E-state index contributed by atoms with van der Waals surface area (Å²) in [6.07, 6.45) is 5.77. The van der Waals surface area contributed by atoms with Crippen molar-refractivity contribution in [2.24, 2.45) is 10.7 Å². The molecule has 1 aromatic rings. The number of nitrogen functional groups attached to an aromatic ring is 1. The van der Waals surface area contributed by atoms with Gasteiger partial charge in [-0.25, -0.2) is 15.0 Å². The van der Waals surface area contributed by atoms with E-state index in [1.807, 2.05) is 19.1 Å². The first kappa shape index (κ1) is 11.2. The van der Waals surface area contributed by atoms with Gasteiger partial charge in [-0.2, -0.15) is 0 Å². The van der Waals surface area contributed by atoms with E-state index in [1.54, 1.807) is 0 Å².